The fraction of sp³-hybridized carbons (Fsp3) is 0.923. The standard InChI is InChI=1S/C13H24N2O2/c1-16-10-4-11-17-12-9-15(8-7-14)13-5-2-3-6-13/h13H,2-6,8-12H2,1H3. The van der Waals surface area contributed by atoms with Gasteiger partial charge in [0.25, 0.3) is 0 Å². The van der Waals surface area contributed by atoms with E-state index in [0.717, 1.165) is 32.8 Å². The molecular formula is C13H24N2O2. The van der Waals surface area contributed by atoms with Gasteiger partial charge < -0.3 is 9.47 Å². The molecule has 0 aromatic heterocycles. The summed E-state index contributed by atoms with van der Waals surface area (Å²) in [5.74, 6) is 0. The molecule has 17 heavy (non-hydrogen) atoms. The van der Waals surface area contributed by atoms with E-state index in [-0.39, 0.29) is 0 Å². The van der Waals surface area contributed by atoms with Crippen molar-refractivity contribution >= 4 is 0 Å². The normalized spacial score (nSPS) is 16.5. The predicted octanol–water partition coefficient (Wildman–Crippen LogP) is 1.81. The number of nitriles is 1. The number of ether oxygens (including phenoxy) is 2. The molecular weight excluding hydrogens is 216 g/mol. The molecule has 1 fully saturated rings. The molecule has 0 aromatic rings. The van der Waals surface area contributed by atoms with Gasteiger partial charge in [0.05, 0.1) is 19.2 Å². The summed E-state index contributed by atoms with van der Waals surface area (Å²) in [5.41, 5.74) is 0. The zero-order valence-corrected chi connectivity index (χ0v) is 10.9. The smallest absolute Gasteiger partial charge is 0.0869 e. The molecule has 0 N–H and O–H groups in total. The van der Waals surface area contributed by atoms with Gasteiger partial charge in [0.15, 0.2) is 0 Å². The Bertz CT molecular complexity index is 222. The summed E-state index contributed by atoms with van der Waals surface area (Å²) in [6, 6.07) is 2.86. The van der Waals surface area contributed by atoms with Crippen molar-refractivity contribution in [3.8, 4) is 6.07 Å². The first-order chi connectivity index (χ1) is 8.38. The van der Waals surface area contributed by atoms with Crippen molar-refractivity contribution in [3.63, 3.8) is 0 Å². The largest absolute Gasteiger partial charge is 0.385 e. The van der Waals surface area contributed by atoms with Gasteiger partial charge in [-0.1, -0.05) is 12.8 Å². The van der Waals surface area contributed by atoms with Gasteiger partial charge in [-0.15, -0.1) is 0 Å². The molecule has 1 aliphatic rings. The molecule has 0 aliphatic heterocycles. The molecule has 0 aromatic carbocycles. The quantitative estimate of drug-likeness (QED) is 0.455. The molecule has 0 amide bonds. The summed E-state index contributed by atoms with van der Waals surface area (Å²) in [6.07, 6.45) is 6.04. The lowest BCUT2D eigenvalue weighted by Gasteiger charge is -2.25. The minimum Gasteiger partial charge on any atom is -0.385 e. The highest BCUT2D eigenvalue weighted by molar-refractivity contribution is 4.84. The third-order valence-electron chi connectivity index (χ3n) is 3.27. The van der Waals surface area contributed by atoms with Crippen molar-refractivity contribution in [1.29, 1.82) is 5.26 Å². The average molecular weight is 240 g/mol. The summed E-state index contributed by atoms with van der Waals surface area (Å²) >= 11 is 0. The summed E-state index contributed by atoms with van der Waals surface area (Å²) < 4.78 is 10.5. The Hall–Kier alpha value is -0.630. The van der Waals surface area contributed by atoms with Crippen LogP contribution in [-0.4, -0.2) is 51.0 Å². The van der Waals surface area contributed by atoms with Crippen LogP contribution in [0.2, 0.25) is 0 Å². The summed E-state index contributed by atoms with van der Waals surface area (Å²) in [4.78, 5) is 2.27. The van der Waals surface area contributed by atoms with E-state index < -0.39 is 0 Å². The van der Waals surface area contributed by atoms with E-state index in [1.165, 1.54) is 25.7 Å². The van der Waals surface area contributed by atoms with Gasteiger partial charge >= 0.3 is 0 Å². The molecule has 98 valence electrons. The van der Waals surface area contributed by atoms with Crippen LogP contribution >= 0.6 is 0 Å². The summed E-state index contributed by atoms with van der Waals surface area (Å²) in [6.45, 7) is 3.64. The second kappa shape index (κ2) is 9.41. The van der Waals surface area contributed by atoms with Gasteiger partial charge in [-0.3, -0.25) is 4.90 Å². The number of hydrogen-bond acceptors (Lipinski definition) is 4. The molecule has 1 rings (SSSR count). The minimum atomic E-state index is 0.534. The lowest BCUT2D eigenvalue weighted by molar-refractivity contribution is 0.0769. The number of nitrogens with zero attached hydrogens (tertiary/aromatic N) is 2. The van der Waals surface area contributed by atoms with E-state index in [1.54, 1.807) is 7.11 Å². The molecule has 1 saturated carbocycles. The van der Waals surface area contributed by atoms with Gasteiger partial charge in [0.1, 0.15) is 0 Å². The zero-order valence-electron chi connectivity index (χ0n) is 10.9. The summed E-state index contributed by atoms with van der Waals surface area (Å²) in [5, 5.41) is 8.82. The van der Waals surface area contributed by atoms with Gasteiger partial charge in [-0.25, -0.2) is 0 Å². The maximum absolute atomic E-state index is 8.82. The van der Waals surface area contributed by atoms with E-state index >= 15 is 0 Å². The predicted molar refractivity (Wildman–Crippen MR) is 66.8 cm³/mol. The van der Waals surface area contributed by atoms with Crippen LogP contribution in [0.4, 0.5) is 0 Å². The molecule has 0 spiro atoms. The van der Waals surface area contributed by atoms with Crippen molar-refractivity contribution < 1.29 is 9.47 Å². The van der Waals surface area contributed by atoms with Crippen molar-refractivity contribution in [2.24, 2.45) is 0 Å². The minimum absolute atomic E-state index is 0.534. The molecule has 4 nitrogen and oxygen atoms in total. The lowest BCUT2D eigenvalue weighted by atomic mass is 10.2. The maximum Gasteiger partial charge on any atom is 0.0869 e. The Labute approximate surface area is 104 Å². The third-order valence-corrected chi connectivity index (χ3v) is 3.27. The zero-order chi connectivity index (χ0) is 12.3. The van der Waals surface area contributed by atoms with Crippen molar-refractivity contribution in [2.45, 2.75) is 38.1 Å². The maximum atomic E-state index is 8.82. The second-order valence-corrected chi connectivity index (χ2v) is 4.53. The van der Waals surface area contributed by atoms with Crippen LogP contribution in [0, 0.1) is 11.3 Å². The van der Waals surface area contributed by atoms with E-state index in [0.29, 0.717) is 12.6 Å². The Morgan fingerprint density at radius 2 is 2.00 bits per heavy atom. The van der Waals surface area contributed by atoms with E-state index in [1.807, 2.05) is 0 Å². The first-order valence-electron chi connectivity index (χ1n) is 6.56. The first-order valence-corrected chi connectivity index (χ1v) is 6.56. The number of methoxy groups -OCH3 is 1. The third kappa shape index (κ3) is 6.02. The van der Waals surface area contributed by atoms with Crippen LogP contribution in [0.25, 0.3) is 0 Å². The molecule has 0 bridgehead atoms. The fourth-order valence-electron chi connectivity index (χ4n) is 2.34. The Kier molecular flexibility index (Phi) is 7.98. The van der Waals surface area contributed by atoms with Gasteiger partial charge in [-0.2, -0.15) is 5.26 Å². The lowest BCUT2D eigenvalue weighted by Crippen LogP contribution is -2.36. The number of hydrogen-bond donors (Lipinski definition) is 0. The Morgan fingerprint density at radius 3 is 2.65 bits per heavy atom. The molecule has 4 heteroatoms. The summed E-state index contributed by atoms with van der Waals surface area (Å²) in [7, 11) is 1.70. The second-order valence-electron chi connectivity index (χ2n) is 4.53. The first kappa shape index (κ1) is 14.4. The molecule has 0 atom stereocenters. The topological polar surface area (TPSA) is 45.5 Å². The molecule has 1 aliphatic carbocycles. The van der Waals surface area contributed by atoms with Gasteiger partial charge in [0.2, 0.25) is 0 Å². The van der Waals surface area contributed by atoms with Gasteiger partial charge in [-0.05, 0) is 19.3 Å². The van der Waals surface area contributed by atoms with Crippen LogP contribution < -0.4 is 0 Å². The van der Waals surface area contributed by atoms with Crippen LogP contribution in [0.3, 0.4) is 0 Å². The van der Waals surface area contributed by atoms with Crippen molar-refractivity contribution in [3.05, 3.63) is 0 Å². The molecule has 0 saturated heterocycles. The Morgan fingerprint density at radius 1 is 1.24 bits per heavy atom. The van der Waals surface area contributed by atoms with Crippen LogP contribution in [0.5, 0.6) is 0 Å². The van der Waals surface area contributed by atoms with Crippen molar-refractivity contribution in [2.75, 3.05) is 40.0 Å². The van der Waals surface area contributed by atoms with Crippen LogP contribution in [-0.2, 0) is 9.47 Å². The van der Waals surface area contributed by atoms with E-state index in [9.17, 15) is 0 Å². The van der Waals surface area contributed by atoms with Crippen molar-refractivity contribution in [1.82, 2.24) is 4.90 Å². The molecule has 0 unspecified atom stereocenters. The van der Waals surface area contributed by atoms with Crippen LogP contribution in [0.1, 0.15) is 32.1 Å². The highest BCUT2D eigenvalue weighted by atomic mass is 16.5. The van der Waals surface area contributed by atoms with Crippen LogP contribution in [0.15, 0.2) is 0 Å². The Balaban J connectivity index is 2.09. The molecule has 0 heterocycles. The van der Waals surface area contributed by atoms with Gasteiger partial charge in [0, 0.05) is 32.9 Å². The highest BCUT2D eigenvalue weighted by Gasteiger charge is 2.21. The average Bonchev–Trinajstić information content (AvgIpc) is 2.86. The fourth-order valence-corrected chi connectivity index (χ4v) is 2.34. The molecule has 0 radical (unpaired) electrons. The SMILES string of the molecule is COCCCOCCN(CC#N)C1CCCC1. The number of rotatable bonds is 9. The van der Waals surface area contributed by atoms with E-state index in [2.05, 4.69) is 11.0 Å². The highest BCUT2D eigenvalue weighted by Crippen LogP contribution is 2.22. The monoisotopic (exact) mass is 240 g/mol. The van der Waals surface area contributed by atoms with E-state index in [4.69, 9.17) is 14.7 Å².